The number of anilines is 1. The summed E-state index contributed by atoms with van der Waals surface area (Å²) in [7, 11) is 1.52. The number of thiophene rings is 1. The molecule has 0 fully saturated rings. The third-order valence-electron chi connectivity index (χ3n) is 4.26. The summed E-state index contributed by atoms with van der Waals surface area (Å²) < 4.78 is 5.44. The SMILES string of the molecule is COc1ccccc1[C@@H]1C(C(=O)c2cccs2)=C(O)C(=O)N1c1nccs1. The van der Waals surface area contributed by atoms with Crippen LogP contribution < -0.4 is 9.64 Å². The number of Topliss-reactive ketones (excluding diaryl/α,β-unsaturated/α-hetero) is 1. The van der Waals surface area contributed by atoms with Crippen molar-refractivity contribution >= 4 is 39.5 Å². The van der Waals surface area contributed by atoms with Gasteiger partial charge in [-0.1, -0.05) is 24.3 Å². The van der Waals surface area contributed by atoms with Gasteiger partial charge in [-0.2, -0.15) is 0 Å². The number of methoxy groups -OCH3 is 1. The van der Waals surface area contributed by atoms with Crippen LogP contribution in [0.2, 0.25) is 0 Å². The minimum atomic E-state index is -0.825. The van der Waals surface area contributed by atoms with Crippen LogP contribution >= 0.6 is 22.7 Å². The van der Waals surface area contributed by atoms with Crippen molar-refractivity contribution in [1.82, 2.24) is 4.98 Å². The fraction of sp³-hybridized carbons (Fsp3) is 0.105. The Balaban J connectivity index is 1.92. The Bertz CT molecular complexity index is 1030. The van der Waals surface area contributed by atoms with E-state index < -0.39 is 17.7 Å². The minimum Gasteiger partial charge on any atom is -0.503 e. The molecule has 0 saturated carbocycles. The fourth-order valence-electron chi connectivity index (χ4n) is 3.10. The molecule has 1 aliphatic heterocycles. The van der Waals surface area contributed by atoms with Gasteiger partial charge in [0.15, 0.2) is 10.9 Å². The van der Waals surface area contributed by atoms with Gasteiger partial charge in [0.25, 0.3) is 5.91 Å². The molecular formula is C19H14N2O4S2. The van der Waals surface area contributed by atoms with Crippen LogP contribution in [0.4, 0.5) is 5.13 Å². The van der Waals surface area contributed by atoms with Crippen LogP contribution in [0.25, 0.3) is 0 Å². The molecule has 4 rings (SSSR count). The highest BCUT2D eigenvalue weighted by molar-refractivity contribution is 7.14. The Kier molecular flexibility index (Phi) is 4.51. The summed E-state index contributed by atoms with van der Waals surface area (Å²) >= 11 is 2.51. The number of hydrogen-bond acceptors (Lipinski definition) is 7. The van der Waals surface area contributed by atoms with Crippen molar-refractivity contribution in [3.63, 3.8) is 0 Å². The summed E-state index contributed by atoms with van der Waals surface area (Å²) in [5.41, 5.74) is 0.634. The molecule has 136 valence electrons. The number of hydrogen-bond donors (Lipinski definition) is 1. The van der Waals surface area contributed by atoms with Crippen LogP contribution in [0.15, 0.2) is 64.7 Å². The number of aliphatic hydroxyl groups excluding tert-OH is 1. The van der Waals surface area contributed by atoms with Gasteiger partial charge < -0.3 is 9.84 Å². The number of nitrogens with zero attached hydrogens (tertiary/aromatic N) is 2. The van der Waals surface area contributed by atoms with E-state index in [2.05, 4.69) is 4.98 Å². The molecule has 6 nitrogen and oxygen atoms in total. The Morgan fingerprint density at radius 1 is 1.19 bits per heavy atom. The first kappa shape index (κ1) is 17.4. The molecule has 0 spiro atoms. The van der Waals surface area contributed by atoms with Gasteiger partial charge >= 0.3 is 0 Å². The topological polar surface area (TPSA) is 79.7 Å². The lowest BCUT2D eigenvalue weighted by Gasteiger charge is -2.25. The molecule has 3 heterocycles. The lowest BCUT2D eigenvalue weighted by atomic mass is 9.95. The van der Waals surface area contributed by atoms with E-state index in [1.165, 1.54) is 34.7 Å². The highest BCUT2D eigenvalue weighted by Crippen LogP contribution is 2.45. The molecule has 1 amide bonds. The largest absolute Gasteiger partial charge is 0.503 e. The molecule has 0 bridgehead atoms. The zero-order valence-corrected chi connectivity index (χ0v) is 15.8. The van der Waals surface area contributed by atoms with Crippen LogP contribution in [0.5, 0.6) is 5.75 Å². The minimum absolute atomic E-state index is 0.0298. The number of amides is 1. The van der Waals surface area contributed by atoms with E-state index in [9.17, 15) is 14.7 Å². The Labute approximate surface area is 163 Å². The van der Waals surface area contributed by atoms with Gasteiger partial charge in [-0.3, -0.25) is 14.5 Å². The molecule has 1 aromatic carbocycles. The van der Waals surface area contributed by atoms with E-state index in [1.807, 2.05) is 0 Å². The van der Waals surface area contributed by atoms with Crippen LogP contribution in [-0.4, -0.2) is 28.9 Å². The molecule has 0 saturated heterocycles. The maximum Gasteiger partial charge on any atom is 0.296 e. The maximum atomic E-state index is 13.1. The van der Waals surface area contributed by atoms with Gasteiger partial charge in [0.2, 0.25) is 5.78 Å². The number of rotatable bonds is 5. The van der Waals surface area contributed by atoms with Crippen LogP contribution in [0.3, 0.4) is 0 Å². The van der Waals surface area contributed by atoms with Crippen LogP contribution in [0.1, 0.15) is 21.3 Å². The van der Waals surface area contributed by atoms with Crippen LogP contribution in [0, 0.1) is 0 Å². The zero-order chi connectivity index (χ0) is 19.0. The summed E-state index contributed by atoms with van der Waals surface area (Å²) in [5.74, 6) is -1.07. The van der Waals surface area contributed by atoms with E-state index in [1.54, 1.807) is 53.4 Å². The lowest BCUT2D eigenvalue weighted by molar-refractivity contribution is -0.117. The smallest absolute Gasteiger partial charge is 0.296 e. The van der Waals surface area contributed by atoms with E-state index >= 15 is 0 Å². The number of aliphatic hydroxyl groups is 1. The van der Waals surface area contributed by atoms with Crippen molar-refractivity contribution in [3.8, 4) is 5.75 Å². The molecule has 2 aromatic heterocycles. The molecule has 8 heteroatoms. The number of carbonyl (C=O) groups is 2. The third kappa shape index (κ3) is 2.83. The Hall–Kier alpha value is -2.97. The zero-order valence-electron chi connectivity index (χ0n) is 14.2. The predicted molar refractivity (Wildman–Crippen MR) is 104 cm³/mol. The number of benzene rings is 1. The van der Waals surface area contributed by atoms with Crippen molar-refractivity contribution in [2.75, 3.05) is 12.0 Å². The van der Waals surface area contributed by atoms with Gasteiger partial charge in [-0.15, -0.1) is 22.7 Å². The summed E-state index contributed by atoms with van der Waals surface area (Å²) in [6.45, 7) is 0. The molecule has 0 radical (unpaired) electrons. The van der Waals surface area contributed by atoms with Crippen molar-refractivity contribution < 1.29 is 19.4 Å². The van der Waals surface area contributed by atoms with Crippen molar-refractivity contribution in [1.29, 1.82) is 0 Å². The quantitative estimate of drug-likeness (QED) is 0.657. The number of ketones is 1. The summed E-state index contributed by atoms with van der Waals surface area (Å²) in [5, 5.41) is 14.5. The van der Waals surface area contributed by atoms with E-state index in [-0.39, 0.29) is 11.4 Å². The normalized spacial score (nSPS) is 16.9. The van der Waals surface area contributed by atoms with Crippen molar-refractivity contribution in [2.45, 2.75) is 6.04 Å². The van der Waals surface area contributed by atoms with Crippen molar-refractivity contribution in [3.05, 3.63) is 75.1 Å². The number of aromatic nitrogens is 1. The first-order valence-electron chi connectivity index (χ1n) is 8.00. The molecule has 27 heavy (non-hydrogen) atoms. The second-order valence-electron chi connectivity index (χ2n) is 5.70. The number of thiazole rings is 1. The van der Waals surface area contributed by atoms with Gasteiger partial charge in [0.05, 0.1) is 17.6 Å². The first-order valence-corrected chi connectivity index (χ1v) is 9.76. The molecule has 3 aromatic rings. The summed E-state index contributed by atoms with van der Waals surface area (Å²) in [6.07, 6.45) is 1.57. The molecular weight excluding hydrogens is 384 g/mol. The van der Waals surface area contributed by atoms with Gasteiger partial charge in [-0.05, 0) is 17.5 Å². The Morgan fingerprint density at radius 2 is 2.00 bits per heavy atom. The standard InChI is InChI=1S/C19H14N2O4S2/c1-25-12-6-3-2-5-11(12)15-14(16(22)13-7-4-9-26-13)17(23)18(24)21(15)19-20-8-10-27-19/h2-10,15,23H,1H3/t15-/m1/s1. The third-order valence-corrected chi connectivity index (χ3v) is 5.90. The van der Waals surface area contributed by atoms with Crippen molar-refractivity contribution in [2.24, 2.45) is 0 Å². The number of para-hydroxylation sites is 1. The highest BCUT2D eigenvalue weighted by Gasteiger charge is 2.46. The van der Waals surface area contributed by atoms with Gasteiger partial charge in [0, 0.05) is 17.1 Å². The van der Waals surface area contributed by atoms with Crippen LogP contribution in [-0.2, 0) is 4.79 Å². The van der Waals surface area contributed by atoms with Gasteiger partial charge in [-0.25, -0.2) is 4.98 Å². The molecule has 1 N–H and O–H groups in total. The predicted octanol–water partition coefficient (Wildman–Crippen LogP) is 4.00. The van der Waals surface area contributed by atoms with E-state index in [0.29, 0.717) is 21.3 Å². The average Bonchev–Trinajstić information content (AvgIpc) is 3.43. The van der Waals surface area contributed by atoms with E-state index in [0.717, 1.165) is 0 Å². The lowest BCUT2D eigenvalue weighted by Crippen LogP contribution is -2.31. The molecule has 0 aliphatic carbocycles. The maximum absolute atomic E-state index is 13.1. The fourth-order valence-corrected chi connectivity index (χ4v) is 4.44. The monoisotopic (exact) mass is 398 g/mol. The van der Waals surface area contributed by atoms with Gasteiger partial charge in [0.1, 0.15) is 11.8 Å². The second kappa shape index (κ2) is 6.98. The van der Waals surface area contributed by atoms with E-state index in [4.69, 9.17) is 4.74 Å². The molecule has 1 aliphatic rings. The number of carbonyl (C=O) groups excluding carboxylic acids is 2. The second-order valence-corrected chi connectivity index (χ2v) is 7.52. The molecule has 0 unspecified atom stereocenters. The number of ether oxygens (including phenoxy) is 1. The average molecular weight is 398 g/mol. The molecule has 1 atom stereocenters. The Morgan fingerprint density at radius 3 is 2.67 bits per heavy atom. The summed E-state index contributed by atoms with van der Waals surface area (Å²) in [4.78, 5) is 32.0. The summed E-state index contributed by atoms with van der Waals surface area (Å²) in [6, 6.07) is 9.73. The first-order chi connectivity index (χ1) is 13.1. The highest BCUT2D eigenvalue weighted by atomic mass is 32.1.